The zero-order valence-corrected chi connectivity index (χ0v) is 15.5. The molecule has 1 aromatic carbocycles. The smallest absolute Gasteiger partial charge is 0.279 e. The van der Waals surface area contributed by atoms with Crippen LogP contribution in [0.2, 0.25) is 0 Å². The molecule has 0 atom stereocenters. The van der Waals surface area contributed by atoms with Crippen molar-refractivity contribution in [1.29, 1.82) is 0 Å². The molecule has 0 aliphatic heterocycles. The Morgan fingerprint density at radius 2 is 1.88 bits per heavy atom. The molecule has 0 unspecified atom stereocenters. The summed E-state index contributed by atoms with van der Waals surface area (Å²) in [4.78, 5) is 0. The molecule has 0 radical (unpaired) electrons. The summed E-state index contributed by atoms with van der Waals surface area (Å²) in [6.07, 6.45) is 2.52. The fourth-order valence-electron chi connectivity index (χ4n) is 3.26. The van der Waals surface area contributed by atoms with Gasteiger partial charge in [-0.25, -0.2) is 8.78 Å². The van der Waals surface area contributed by atoms with Crippen LogP contribution < -0.4 is 4.72 Å². The quantitative estimate of drug-likeness (QED) is 0.832. The van der Waals surface area contributed by atoms with Gasteiger partial charge in [0, 0.05) is 31.6 Å². The van der Waals surface area contributed by atoms with Crippen molar-refractivity contribution in [1.82, 2.24) is 19.2 Å². The average molecular weight is 384 g/mol. The van der Waals surface area contributed by atoms with E-state index in [9.17, 15) is 17.2 Å². The van der Waals surface area contributed by atoms with Crippen LogP contribution in [0.1, 0.15) is 37.3 Å². The normalized spacial score (nSPS) is 21.3. The van der Waals surface area contributed by atoms with E-state index < -0.39 is 21.8 Å². The summed E-state index contributed by atoms with van der Waals surface area (Å²) in [6.45, 7) is 0. The molecule has 3 rings (SSSR count). The Morgan fingerprint density at radius 3 is 2.50 bits per heavy atom. The van der Waals surface area contributed by atoms with Gasteiger partial charge in [-0.3, -0.25) is 5.10 Å². The number of nitrogens with one attached hydrogen (secondary N) is 2. The maximum atomic E-state index is 14.8. The summed E-state index contributed by atoms with van der Waals surface area (Å²) in [7, 11) is -0.522. The Morgan fingerprint density at radius 1 is 1.19 bits per heavy atom. The van der Waals surface area contributed by atoms with Gasteiger partial charge < -0.3 is 0 Å². The van der Waals surface area contributed by atoms with Gasteiger partial charge >= 0.3 is 0 Å². The molecule has 1 aliphatic rings. The van der Waals surface area contributed by atoms with Crippen molar-refractivity contribution in [3.8, 4) is 11.3 Å². The highest BCUT2D eigenvalue weighted by atomic mass is 32.2. The molecule has 0 bridgehead atoms. The van der Waals surface area contributed by atoms with Gasteiger partial charge in [0.2, 0.25) is 0 Å². The van der Waals surface area contributed by atoms with Crippen LogP contribution in [0.4, 0.5) is 8.78 Å². The lowest BCUT2D eigenvalue weighted by Gasteiger charge is -2.29. The average Bonchev–Trinajstić information content (AvgIpc) is 2.97. The molecule has 6 nitrogen and oxygen atoms in total. The van der Waals surface area contributed by atoms with E-state index in [1.165, 1.54) is 32.3 Å². The molecule has 2 aromatic rings. The van der Waals surface area contributed by atoms with Crippen molar-refractivity contribution < 1.29 is 17.2 Å². The minimum atomic E-state index is -3.47. The molecule has 1 aromatic heterocycles. The SMILES string of the molecule is CN(C)S(=O)(=O)NC1CCC(c2[nH]nc(-c3cccc(F)c3)c2F)CC1. The minimum Gasteiger partial charge on any atom is -0.279 e. The number of nitrogens with zero attached hydrogens (tertiary/aromatic N) is 2. The molecular formula is C17H22F2N4O2S. The first-order valence-electron chi connectivity index (χ1n) is 8.47. The Hall–Kier alpha value is -1.84. The summed E-state index contributed by atoms with van der Waals surface area (Å²) in [5.74, 6) is -0.974. The minimum absolute atomic E-state index is 0.0649. The first-order chi connectivity index (χ1) is 12.3. The van der Waals surface area contributed by atoms with Gasteiger partial charge in [-0.2, -0.15) is 22.5 Å². The molecule has 2 N–H and O–H groups in total. The summed E-state index contributed by atoms with van der Waals surface area (Å²) in [5, 5.41) is 6.77. The van der Waals surface area contributed by atoms with Gasteiger partial charge in [0.1, 0.15) is 11.5 Å². The zero-order chi connectivity index (χ0) is 18.9. The monoisotopic (exact) mass is 384 g/mol. The topological polar surface area (TPSA) is 78.1 Å². The Bertz CT molecular complexity index is 875. The van der Waals surface area contributed by atoms with E-state index in [4.69, 9.17) is 0 Å². The lowest BCUT2D eigenvalue weighted by molar-refractivity contribution is 0.357. The molecule has 26 heavy (non-hydrogen) atoms. The summed E-state index contributed by atoms with van der Waals surface area (Å²) in [5.41, 5.74) is 0.894. The molecule has 0 amide bonds. The van der Waals surface area contributed by atoms with Crippen molar-refractivity contribution in [2.75, 3.05) is 14.1 Å². The molecule has 0 saturated heterocycles. The van der Waals surface area contributed by atoms with Gasteiger partial charge in [-0.15, -0.1) is 0 Å². The predicted molar refractivity (Wildman–Crippen MR) is 94.7 cm³/mol. The van der Waals surface area contributed by atoms with Crippen molar-refractivity contribution in [2.45, 2.75) is 37.6 Å². The highest BCUT2D eigenvalue weighted by molar-refractivity contribution is 7.87. The highest BCUT2D eigenvalue weighted by Crippen LogP contribution is 2.36. The lowest BCUT2D eigenvalue weighted by atomic mass is 9.84. The maximum Gasteiger partial charge on any atom is 0.279 e. The van der Waals surface area contributed by atoms with E-state index >= 15 is 0 Å². The molecule has 1 heterocycles. The Kier molecular flexibility index (Phi) is 5.40. The maximum absolute atomic E-state index is 14.8. The fourth-order valence-corrected chi connectivity index (χ4v) is 4.12. The van der Waals surface area contributed by atoms with Crippen LogP contribution >= 0.6 is 0 Å². The third-order valence-electron chi connectivity index (χ3n) is 4.76. The van der Waals surface area contributed by atoms with Crippen LogP contribution in [0.15, 0.2) is 24.3 Å². The standard InChI is InChI=1S/C17H22F2N4O2S/c1-23(2)26(24,25)22-14-8-6-11(7-9-14)16-15(19)17(21-20-16)12-4-3-5-13(18)10-12/h3-5,10-11,14,22H,6-9H2,1-2H3,(H,20,21). The van der Waals surface area contributed by atoms with Crippen LogP contribution in [0.5, 0.6) is 0 Å². The molecule has 1 fully saturated rings. The van der Waals surface area contributed by atoms with Crippen molar-refractivity contribution in [2.24, 2.45) is 0 Å². The lowest BCUT2D eigenvalue weighted by Crippen LogP contribution is -2.43. The van der Waals surface area contributed by atoms with Crippen molar-refractivity contribution in [3.05, 3.63) is 41.6 Å². The number of halogens is 2. The Balaban J connectivity index is 1.69. The summed E-state index contributed by atoms with van der Waals surface area (Å²) in [6, 6.07) is 5.51. The van der Waals surface area contributed by atoms with Gasteiger partial charge in [0.15, 0.2) is 5.82 Å². The van der Waals surface area contributed by atoms with Crippen LogP contribution in [0.3, 0.4) is 0 Å². The first-order valence-corrected chi connectivity index (χ1v) is 9.91. The van der Waals surface area contributed by atoms with Crippen LogP contribution in [0, 0.1) is 11.6 Å². The van der Waals surface area contributed by atoms with E-state index in [0.717, 1.165) is 4.31 Å². The molecule has 1 saturated carbocycles. The van der Waals surface area contributed by atoms with Gasteiger partial charge in [-0.05, 0) is 37.8 Å². The Labute approximate surface area is 151 Å². The second-order valence-electron chi connectivity index (χ2n) is 6.76. The van der Waals surface area contributed by atoms with Crippen LogP contribution in [-0.2, 0) is 10.2 Å². The molecular weight excluding hydrogens is 362 g/mol. The molecule has 1 aliphatic carbocycles. The summed E-state index contributed by atoms with van der Waals surface area (Å²) >= 11 is 0. The number of benzene rings is 1. The van der Waals surface area contributed by atoms with Gasteiger partial charge in [0.05, 0.1) is 5.69 Å². The van der Waals surface area contributed by atoms with E-state index in [1.807, 2.05) is 0 Å². The van der Waals surface area contributed by atoms with Crippen LogP contribution in [-0.4, -0.2) is 43.1 Å². The highest BCUT2D eigenvalue weighted by Gasteiger charge is 2.30. The van der Waals surface area contributed by atoms with E-state index in [-0.39, 0.29) is 17.7 Å². The number of hydrogen-bond acceptors (Lipinski definition) is 3. The zero-order valence-electron chi connectivity index (χ0n) is 14.7. The molecule has 9 heteroatoms. The molecule has 0 spiro atoms. The summed E-state index contributed by atoms with van der Waals surface area (Å²) < 4.78 is 55.7. The van der Waals surface area contributed by atoms with E-state index in [0.29, 0.717) is 36.9 Å². The van der Waals surface area contributed by atoms with Gasteiger partial charge in [-0.1, -0.05) is 12.1 Å². The second-order valence-corrected chi connectivity index (χ2v) is 8.68. The molecule has 142 valence electrons. The van der Waals surface area contributed by atoms with Crippen molar-refractivity contribution in [3.63, 3.8) is 0 Å². The van der Waals surface area contributed by atoms with E-state index in [1.54, 1.807) is 6.07 Å². The first kappa shape index (κ1) is 18.9. The van der Waals surface area contributed by atoms with E-state index in [2.05, 4.69) is 14.9 Å². The van der Waals surface area contributed by atoms with Crippen molar-refractivity contribution >= 4 is 10.2 Å². The predicted octanol–water partition coefficient (Wildman–Crippen LogP) is 2.78. The number of rotatable bonds is 5. The third-order valence-corrected chi connectivity index (χ3v) is 6.35. The number of H-pyrrole nitrogens is 1. The fraction of sp³-hybridized carbons (Fsp3) is 0.471. The largest absolute Gasteiger partial charge is 0.279 e. The number of hydrogen-bond donors (Lipinski definition) is 2. The number of aromatic amines is 1. The number of aromatic nitrogens is 2. The second kappa shape index (κ2) is 7.42. The van der Waals surface area contributed by atoms with Crippen LogP contribution in [0.25, 0.3) is 11.3 Å². The van der Waals surface area contributed by atoms with Gasteiger partial charge in [0.25, 0.3) is 10.2 Å². The third kappa shape index (κ3) is 3.94.